The summed E-state index contributed by atoms with van der Waals surface area (Å²) in [6.45, 7) is 0. The minimum Gasteiger partial charge on any atom is -0.198 e. The van der Waals surface area contributed by atoms with E-state index in [0.717, 1.165) is 49.0 Å². The van der Waals surface area contributed by atoms with Crippen LogP contribution in [-0.2, 0) is 6.42 Å². The van der Waals surface area contributed by atoms with Crippen LogP contribution in [0.1, 0.15) is 67.4 Å². The maximum Gasteiger partial charge on any atom is 0.0768 e. The van der Waals surface area contributed by atoms with Gasteiger partial charge in [0.15, 0.2) is 0 Å². The number of hydrogen-bond donors (Lipinski definition) is 0. The summed E-state index contributed by atoms with van der Waals surface area (Å²) in [5.74, 6) is 13.1. The summed E-state index contributed by atoms with van der Waals surface area (Å²) < 4.78 is 0. The van der Waals surface area contributed by atoms with Crippen molar-refractivity contribution in [3.63, 3.8) is 0 Å². The fourth-order valence-electron chi connectivity index (χ4n) is 3.64. The molecule has 0 bridgehead atoms. The van der Waals surface area contributed by atoms with Crippen molar-refractivity contribution in [3.8, 4) is 29.8 Å². The molecule has 0 radical (unpaired) electrons. The van der Waals surface area contributed by atoms with Gasteiger partial charge in [0.2, 0.25) is 0 Å². The molecule has 0 unspecified atom stereocenters. The molecular weight excluding hydrogens is 346 g/mol. The van der Waals surface area contributed by atoms with Crippen molar-refractivity contribution in [2.45, 2.75) is 57.8 Å². The van der Waals surface area contributed by atoms with Crippen LogP contribution in [0.25, 0.3) is 0 Å². The first-order valence-electron chi connectivity index (χ1n) is 9.82. The first-order chi connectivity index (χ1) is 13.3. The van der Waals surface area contributed by atoms with Gasteiger partial charge in [-0.3, -0.25) is 0 Å². The highest BCUT2D eigenvalue weighted by Crippen LogP contribution is 2.39. The van der Waals surface area contributed by atoms with Crippen molar-refractivity contribution >= 4 is 11.3 Å². The molecule has 1 saturated carbocycles. The Labute approximate surface area is 167 Å². The molecule has 0 aliphatic heterocycles. The van der Waals surface area contributed by atoms with Crippen LogP contribution in [0.15, 0.2) is 41.8 Å². The molecule has 1 aliphatic rings. The highest BCUT2D eigenvalue weighted by atomic mass is 32.1. The Morgan fingerprint density at radius 3 is 2.44 bits per heavy atom. The Kier molecular flexibility index (Phi) is 7.16. The van der Waals surface area contributed by atoms with Crippen LogP contribution in [0.3, 0.4) is 0 Å². The van der Waals surface area contributed by atoms with E-state index in [2.05, 4.69) is 59.4 Å². The fourth-order valence-corrected chi connectivity index (χ4v) is 4.23. The third-order valence-corrected chi connectivity index (χ3v) is 5.94. The van der Waals surface area contributed by atoms with E-state index in [1.54, 1.807) is 11.3 Å². The zero-order valence-corrected chi connectivity index (χ0v) is 16.6. The summed E-state index contributed by atoms with van der Waals surface area (Å²) in [6.07, 6.45) is 9.23. The number of hydrogen-bond acceptors (Lipinski definition) is 2. The number of benzene rings is 1. The van der Waals surface area contributed by atoms with Gasteiger partial charge in [-0.05, 0) is 48.8 Å². The first kappa shape index (κ1) is 19.3. The van der Waals surface area contributed by atoms with Crippen LogP contribution in [-0.4, -0.2) is 0 Å². The van der Waals surface area contributed by atoms with Gasteiger partial charge in [0.05, 0.1) is 16.4 Å². The summed E-state index contributed by atoms with van der Waals surface area (Å²) in [4.78, 5) is 1.13. The summed E-state index contributed by atoms with van der Waals surface area (Å²) in [5, 5.41) is 11.8. The van der Waals surface area contributed by atoms with Gasteiger partial charge < -0.3 is 0 Å². The lowest BCUT2D eigenvalue weighted by atomic mass is 9.71. The Balaban J connectivity index is 1.56. The maximum absolute atomic E-state index is 9.76. The molecule has 1 nitrogen and oxygen atoms in total. The van der Waals surface area contributed by atoms with Crippen LogP contribution in [0.4, 0.5) is 0 Å². The number of unbranched alkanes of at least 4 members (excludes halogenated alkanes) is 2. The average Bonchev–Trinajstić information content (AvgIpc) is 3.23. The average molecular weight is 372 g/mol. The molecule has 1 aromatic carbocycles. The molecule has 0 spiro atoms. The molecule has 0 N–H and O–H groups in total. The molecule has 2 heteroatoms. The van der Waals surface area contributed by atoms with Gasteiger partial charge in [-0.25, -0.2) is 0 Å². The fraction of sp³-hybridized carbons (Fsp3) is 0.400. The lowest BCUT2D eigenvalue weighted by molar-refractivity contribution is 0.266. The first-order valence-corrected chi connectivity index (χ1v) is 10.7. The van der Waals surface area contributed by atoms with Gasteiger partial charge in [-0.1, -0.05) is 67.2 Å². The van der Waals surface area contributed by atoms with Crippen molar-refractivity contribution in [1.82, 2.24) is 0 Å². The van der Waals surface area contributed by atoms with Crippen molar-refractivity contribution in [3.05, 3.63) is 57.8 Å². The van der Waals surface area contributed by atoms with Gasteiger partial charge in [-0.2, -0.15) is 5.26 Å². The molecule has 136 valence electrons. The Hall–Kier alpha value is -2.47. The minimum absolute atomic E-state index is 0.187. The van der Waals surface area contributed by atoms with Gasteiger partial charge in [0, 0.05) is 18.4 Å². The quantitative estimate of drug-likeness (QED) is 0.454. The van der Waals surface area contributed by atoms with Crippen molar-refractivity contribution in [2.75, 3.05) is 0 Å². The number of thiophene rings is 1. The third-order valence-electron chi connectivity index (χ3n) is 5.15. The minimum atomic E-state index is -0.187. The van der Waals surface area contributed by atoms with Crippen molar-refractivity contribution in [1.29, 1.82) is 5.26 Å². The van der Waals surface area contributed by atoms with E-state index in [1.807, 2.05) is 12.1 Å². The van der Waals surface area contributed by atoms with Crippen LogP contribution in [0, 0.1) is 40.4 Å². The second-order valence-corrected chi connectivity index (χ2v) is 8.17. The monoisotopic (exact) mass is 371 g/mol. The molecule has 1 heterocycles. The van der Waals surface area contributed by atoms with Crippen molar-refractivity contribution in [2.24, 2.45) is 5.41 Å². The summed E-state index contributed by atoms with van der Waals surface area (Å²) in [5.41, 5.74) is 2.13. The molecule has 0 saturated heterocycles. The Bertz CT molecular complexity index is 888. The predicted octanol–water partition coefficient (Wildman–Crippen LogP) is 6.34. The molecule has 2 aromatic rings. The standard InChI is InChI=1S/C25H25NS/c26-21-25(17-9-4-10-18-25)20-23-14-8-7-13-22(23)12-5-2-1-3-6-15-24-16-11-19-27-24/h7-8,11,13-14,16,19H,1-4,9-10,17-18,20H2. The lowest BCUT2D eigenvalue weighted by Gasteiger charge is -2.31. The van der Waals surface area contributed by atoms with Crippen LogP contribution in [0.5, 0.6) is 0 Å². The molecule has 0 amide bonds. The Morgan fingerprint density at radius 2 is 1.70 bits per heavy atom. The van der Waals surface area contributed by atoms with E-state index < -0.39 is 0 Å². The number of rotatable bonds is 4. The van der Waals surface area contributed by atoms with E-state index in [0.29, 0.717) is 0 Å². The van der Waals surface area contributed by atoms with E-state index >= 15 is 0 Å². The van der Waals surface area contributed by atoms with E-state index in [9.17, 15) is 5.26 Å². The molecule has 1 aromatic heterocycles. The summed E-state index contributed by atoms with van der Waals surface area (Å²) in [6, 6.07) is 15.1. The van der Waals surface area contributed by atoms with E-state index in [4.69, 9.17) is 0 Å². The largest absolute Gasteiger partial charge is 0.198 e. The van der Waals surface area contributed by atoms with Gasteiger partial charge >= 0.3 is 0 Å². The molecule has 0 atom stereocenters. The highest BCUT2D eigenvalue weighted by molar-refractivity contribution is 7.10. The smallest absolute Gasteiger partial charge is 0.0768 e. The third kappa shape index (κ3) is 5.76. The lowest BCUT2D eigenvalue weighted by Crippen LogP contribution is -2.25. The summed E-state index contributed by atoms with van der Waals surface area (Å²) in [7, 11) is 0. The number of nitriles is 1. The number of nitrogens with zero attached hydrogens (tertiary/aromatic N) is 1. The van der Waals surface area contributed by atoms with Crippen LogP contribution < -0.4 is 0 Å². The molecule has 27 heavy (non-hydrogen) atoms. The molecule has 1 fully saturated rings. The summed E-state index contributed by atoms with van der Waals surface area (Å²) >= 11 is 1.68. The topological polar surface area (TPSA) is 23.8 Å². The molecule has 1 aliphatic carbocycles. The van der Waals surface area contributed by atoms with Crippen LogP contribution >= 0.6 is 11.3 Å². The van der Waals surface area contributed by atoms with Crippen molar-refractivity contribution < 1.29 is 0 Å². The normalized spacial score (nSPS) is 14.9. The maximum atomic E-state index is 9.76. The van der Waals surface area contributed by atoms with Gasteiger partial charge in [0.1, 0.15) is 0 Å². The second kappa shape index (κ2) is 10.0. The van der Waals surface area contributed by atoms with E-state index in [1.165, 1.54) is 24.8 Å². The van der Waals surface area contributed by atoms with E-state index in [-0.39, 0.29) is 5.41 Å². The zero-order chi connectivity index (χ0) is 18.8. The molecule has 3 rings (SSSR count). The highest BCUT2D eigenvalue weighted by Gasteiger charge is 2.32. The zero-order valence-electron chi connectivity index (χ0n) is 15.8. The van der Waals surface area contributed by atoms with Crippen LogP contribution in [0.2, 0.25) is 0 Å². The predicted molar refractivity (Wildman–Crippen MR) is 113 cm³/mol. The molecular formula is C25H25NS. The van der Waals surface area contributed by atoms with Gasteiger partial charge in [-0.15, -0.1) is 11.3 Å². The SMILES string of the molecule is N#CC1(Cc2ccccc2C#CCCCC#Cc2cccs2)CCCCC1. The Morgan fingerprint density at radius 1 is 0.926 bits per heavy atom. The second-order valence-electron chi connectivity index (χ2n) is 7.22. The van der Waals surface area contributed by atoms with Gasteiger partial charge in [0.25, 0.3) is 0 Å².